The first kappa shape index (κ1) is 20.9. The number of carbonyl (C=O) groups is 2. The van der Waals surface area contributed by atoms with Gasteiger partial charge in [-0.05, 0) is 69.1 Å². The van der Waals surface area contributed by atoms with Gasteiger partial charge in [0.15, 0.2) is 0 Å². The van der Waals surface area contributed by atoms with Gasteiger partial charge in [0.25, 0.3) is 0 Å². The fourth-order valence-corrected chi connectivity index (χ4v) is 6.35. The number of fused-ring (bicyclic) bond motifs is 2. The SMILES string of the molecule is C=C(C)C(=O)OC1CC2CC1CC2CCOCC1COC(=O)C1C1CCCCC1. The highest BCUT2D eigenvalue weighted by atomic mass is 16.5. The van der Waals surface area contributed by atoms with Gasteiger partial charge in [0, 0.05) is 18.1 Å². The van der Waals surface area contributed by atoms with Crippen molar-refractivity contribution in [2.45, 2.75) is 70.8 Å². The van der Waals surface area contributed by atoms with Crippen molar-refractivity contribution in [3.05, 3.63) is 12.2 Å². The molecule has 162 valence electrons. The molecule has 3 aliphatic carbocycles. The van der Waals surface area contributed by atoms with Crippen molar-refractivity contribution < 1.29 is 23.8 Å². The summed E-state index contributed by atoms with van der Waals surface area (Å²) < 4.78 is 17.1. The maximum atomic E-state index is 12.2. The van der Waals surface area contributed by atoms with E-state index < -0.39 is 0 Å². The van der Waals surface area contributed by atoms with Gasteiger partial charge in [-0.25, -0.2) is 4.79 Å². The highest BCUT2D eigenvalue weighted by Gasteiger charge is 2.47. The van der Waals surface area contributed by atoms with Crippen LogP contribution in [0.2, 0.25) is 0 Å². The Balaban J connectivity index is 1.17. The van der Waals surface area contributed by atoms with Gasteiger partial charge in [-0.1, -0.05) is 25.8 Å². The average Bonchev–Trinajstić information content (AvgIpc) is 3.40. The van der Waals surface area contributed by atoms with Gasteiger partial charge >= 0.3 is 11.9 Å². The Hall–Kier alpha value is -1.36. The van der Waals surface area contributed by atoms with E-state index in [9.17, 15) is 9.59 Å². The summed E-state index contributed by atoms with van der Waals surface area (Å²) in [5.41, 5.74) is 0.485. The third-order valence-corrected chi connectivity index (χ3v) is 7.89. The number of hydrogen-bond acceptors (Lipinski definition) is 5. The van der Waals surface area contributed by atoms with Gasteiger partial charge in [0.2, 0.25) is 0 Å². The Labute approximate surface area is 174 Å². The molecule has 0 amide bonds. The van der Waals surface area contributed by atoms with Crippen molar-refractivity contribution in [3.8, 4) is 0 Å². The van der Waals surface area contributed by atoms with Gasteiger partial charge in [-0.2, -0.15) is 0 Å². The monoisotopic (exact) mass is 404 g/mol. The molecule has 4 rings (SSSR count). The van der Waals surface area contributed by atoms with Gasteiger partial charge < -0.3 is 14.2 Å². The number of esters is 2. The fourth-order valence-electron chi connectivity index (χ4n) is 6.35. The molecule has 5 heteroatoms. The van der Waals surface area contributed by atoms with Crippen molar-refractivity contribution in [1.29, 1.82) is 0 Å². The van der Waals surface area contributed by atoms with E-state index in [-0.39, 0.29) is 29.9 Å². The van der Waals surface area contributed by atoms with Crippen molar-refractivity contribution >= 4 is 11.9 Å². The zero-order valence-electron chi connectivity index (χ0n) is 17.8. The second-order valence-corrected chi connectivity index (χ2v) is 9.89. The van der Waals surface area contributed by atoms with E-state index in [0.717, 1.165) is 25.9 Å². The molecule has 3 saturated carbocycles. The Morgan fingerprint density at radius 2 is 1.86 bits per heavy atom. The molecule has 6 atom stereocenters. The van der Waals surface area contributed by atoms with Gasteiger partial charge in [-0.15, -0.1) is 0 Å². The summed E-state index contributed by atoms with van der Waals surface area (Å²) in [7, 11) is 0. The molecule has 5 nitrogen and oxygen atoms in total. The van der Waals surface area contributed by atoms with Crippen LogP contribution in [0.15, 0.2) is 12.2 Å². The number of ether oxygens (including phenoxy) is 3. The highest BCUT2D eigenvalue weighted by Crippen LogP contribution is 2.51. The molecule has 1 saturated heterocycles. The van der Waals surface area contributed by atoms with Crippen LogP contribution in [0.4, 0.5) is 0 Å². The molecule has 6 unspecified atom stereocenters. The van der Waals surface area contributed by atoms with Crippen molar-refractivity contribution in [2.24, 2.45) is 35.5 Å². The molecule has 0 aromatic rings. The third kappa shape index (κ3) is 4.70. The second-order valence-electron chi connectivity index (χ2n) is 9.89. The van der Waals surface area contributed by atoms with Crippen LogP contribution in [0.25, 0.3) is 0 Å². The summed E-state index contributed by atoms with van der Waals surface area (Å²) in [6.45, 7) is 7.31. The number of cyclic esters (lactones) is 1. The molecule has 2 bridgehead atoms. The highest BCUT2D eigenvalue weighted by molar-refractivity contribution is 5.87. The van der Waals surface area contributed by atoms with Crippen molar-refractivity contribution in [2.75, 3.05) is 19.8 Å². The standard InChI is InChI=1S/C24H36O5/c1-15(2)23(25)29-21-12-18-11-19(21)10-17(18)8-9-27-13-20-14-28-24(26)22(20)16-6-4-3-5-7-16/h16-22H,1,3-14H2,2H3. The number of rotatable bonds is 8. The first-order chi connectivity index (χ1) is 14.0. The van der Waals surface area contributed by atoms with E-state index in [2.05, 4.69) is 6.58 Å². The molecular formula is C24H36O5. The van der Waals surface area contributed by atoms with E-state index in [1.165, 1.54) is 38.5 Å². The van der Waals surface area contributed by atoms with E-state index in [0.29, 0.717) is 42.5 Å². The van der Waals surface area contributed by atoms with Crippen LogP contribution in [-0.4, -0.2) is 37.9 Å². The first-order valence-electron chi connectivity index (χ1n) is 11.6. The van der Waals surface area contributed by atoms with Crippen LogP contribution in [0.3, 0.4) is 0 Å². The largest absolute Gasteiger partial charge is 0.465 e. The second kappa shape index (κ2) is 9.20. The molecule has 0 N–H and O–H groups in total. The normalized spacial score (nSPS) is 36.9. The molecule has 0 spiro atoms. The van der Waals surface area contributed by atoms with Gasteiger partial charge in [-0.3, -0.25) is 4.79 Å². The molecule has 1 heterocycles. The van der Waals surface area contributed by atoms with Crippen LogP contribution < -0.4 is 0 Å². The van der Waals surface area contributed by atoms with E-state index in [1.807, 2.05) is 0 Å². The summed E-state index contributed by atoms with van der Waals surface area (Å²) in [6, 6.07) is 0. The summed E-state index contributed by atoms with van der Waals surface area (Å²) in [4.78, 5) is 24.0. The Kier molecular flexibility index (Phi) is 6.63. The summed E-state index contributed by atoms with van der Waals surface area (Å²) >= 11 is 0. The van der Waals surface area contributed by atoms with Crippen LogP contribution >= 0.6 is 0 Å². The number of carbonyl (C=O) groups excluding carboxylic acids is 2. The summed E-state index contributed by atoms with van der Waals surface area (Å²) in [5, 5.41) is 0. The van der Waals surface area contributed by atoms with Gasteiger partial charge in [0.05, 0.1) is 19.1 Å². The fraction of sp³-hybridized carbons (Fsp3) is 0.833. The lowest BCUT2D eigenvalue weighted by Crippen LogP contribution is -2.30. The predicted molar refractivity (Wildman–Crippen MR) is 109 cm³/mol. The molecule has 29 heavy (non-hydrogen) atoms. The lowest BCUT2D eigenvalue weighted by atomic mass is 9.75. The third-order valence-electron chi connectivity index (χ3n) is 7.89. The summed E-state index contributed by atoms with van der Waals surface area (Å²) in [5.74, 6) is 2.38. The maximum absolute atomic E-state index is 12.2. The lowest BCUT2D eigenvalue weighted by molar-refractivity contribution is -0.147. The van der Waals surface area contributed by atoms with Crippen molar-refractivity contribution in [3.63, 3.8) is 0 Å². The van der Waals surface area contributed by atoms with Crippen LogP contribution in [0.5, 0.6) is 0 Å². The average molecular weight is 405 g/mol. The smallest absolute Gasteiger partial charge is 0.333 e. The van der Waals surface area contributed by atoms with E-state index >= 15 is 0 Å². The lowest BCUT2D eigenvalue weighted by Gasteiger charge is -2.29. The first-order valence-corrected chi connectivity index (χ1v) is 11.6. The molecule has 4 fully saturated rings. The van der Waals surface area contributed by atoms with E-state index in [4.69, 9.17) is 14.2 Å². The van der Waals surface area contributed by atoms with Crippen LogP contribution in [0, 0.1) is 35.5 Å². The van der Waals surface area contributed by atoms with Crippen LogP contribution in [0.1, 0.15) is 64.7 Å². The minimum Gasteiger partial charge on any atom is -0.465 e. The predicted octanol–water partition coefficient (Wildman–Crippen LogP) is 4.30. The molecule has 0 radical (unpaired) electrons. The topological polar surface area (TPSA) is 61.8 Å². The molecule has 0 aromatic heterocycles. The number of hydrogen-bond donors (Lipinski definition) is 0. The molecule has 0 aromatic carbocycles. The maximum Gasteiger partial charge on any atom is 0.333 e. The van der Waals surface area contributed by atoms with Gasteiger partial charge in [0.1, 0.15) is 6.10 Å². The van der Waals surface area contributed by atoms with E-state index in [1.54, 1.807) is 6.92 Å². The Morgan fingerprint density at radius 3 is 2.55 bits per heavy atom. The molecular weight excluding hydrogens is 368 g/mol. The minimum atomic E-state index is -0.247. The minimum absolute atomic E-state index is 0.00829. The molecule has 4 aliphatic rings. The zero-order valence-corrected chi connectivity index (χ0v) is 17.8. The van der Waals surface area contributed by atoms with Crippen molar-refractivity contribution in [1.82, 2.24) is 0 Å². The summed E-state index contributed by atoms with van der Waals surface area (Å²) in [6.07, 6.45) is 10.6. The Bertz CT molecular complexity index is 623. The zero-order chi connectivity index (χ0) is 20.4. The quantitative estimate of drug-likeness (QED) is 0.343. The van der Waals surface area contributed by atoms with Crippen LogP contribution in [-0.2, 0) is 23.8 Å². The Morgan fingerprint density at radius 1 is 1.07 bits per heavy atom. The molecule has 1 aliphatic heterocycles.